The molecule has 0 aliphatic carbocycles. The van der Waals surface area contributed by atoms with Gasteiger partial charge in [-0.25, -0.2) is 0 Å². The van der Waals surface area contributed by atoms with Crippen molar-refractivity contribution in [3.63, 3.8) is 0 Å². The number of terminal acetylenes is 1. The molecule has 70 valence electrons. The van der Waals surface area contributed by atoms with Crippen LogP contribution in [0.25, 0.3) is 0 Å². The lowest BCUT2D eigenvalue weighted by Gasteiger charge is -2.09. The molecule has 0 radical (unpaired) electrons. The molecule has 0 amide bonds. The summed E-state index contributed by atoms with van der Waals surface area (Å²) < 4.78 is 10.7. The first-order chi connectivity index (χ1) is 5.70. The molecule has 0 aromatic carbocycles. The van der Waals surface area contributed by atoms with E-state index < -0.39 is 10.8 Å². The van der Waals surface area contributed by atoms with Crippen molar-refractivity contribution in [3.05, 3.63) is 0 Å². The highest BCUT2D eigenvalue weighted by Crippen LogP contribution is 1.89. The number of nitrogens with one attached hydrogen (secondary N) is 1. The van der Waals surface area contributed by atoms with Crippen LogP contribution in [0.4, 0.5) is 0 Å². The quantitative estimate of drug-likeness (QED) is 0.491. The minimum absolute atomic E-state index is 0.176. The molecule has 3 heteroatoms. The summed E-state index contributed by atoms with van der Waals surface area (Å²) in [5.41, 5.74) is 0. The Balaban J connectivity index is 3.31. The van der Waals surface area contributed by atoms with Gasteiger partial charge < -0.3 is 5.32 Å². The molecule has 0 aromatic heterocycles. The molecule has 0 aromatic rings. The molecule has 0 rings (SSSR count). The zero-order valence-electron chi connectivity index (χ0n) is 7.80. The fraction of sp³-hybridized carbons (Fsp3) is 0.778. The Labute approximate surface area is 77.6 Å². The molecule has 0 aliphatic rings. The minimum Gasteiger partial charge on any atom is -0.304 e. The molecule has 0 saturated heterocycles. The van der Waals surface area contributed by atoms with Crippen LogP contribution in [0.15, 0.2) is 0 Å². The van der Waals surface area contributed by atoms with Gasteiger partial charge >= 0.3 is 0 Å². The highest BCUT2D eigenvalue weighted by molar-refractivity contribution is 7.84. The van der Waals surface area contributed by atoms with Gasteiger partial charge in [0.05, 0.1) is 6.04 Å². The molecule has 0 spiro atoms. The average Bonchev–Trinajstić information content (AvgIpc) is 2.04. The number of hydrogen-bond donors (Lipinski definition) is 1. The van der Waals surface area contributed by atoms with E-state index in [9.17, 15) is 4.21 Å². The molecule has 0 bridgehead atoms. The standard InChI is InChI=1S/C9H17NOS/c1-4-9(5-2)10-7-6-8-12(3)11/h1,9-10H,5-8H2,2-3H3. The van der Waals surface area contributed by atoms with E-state index in [0.29, 0.717) is 0 Å². The van der Waals surface area contributed by atoms with E-state index in [1.165, 1.54) is 0 Å². The van der Waals surface area contributed by atoms with Gasteiger partial charge in [0.1, 0.15) is 0 Å². The molecule has 1 N–H and O–H groups in total. The van der Waals surface area contributed by atoms with Crippen molar-refractivity contribution < 1.29 is 4.21 Å². The Morgan fingerprint density at radius 2 is 2.33 bits per heavy atom. The van der Waals surface area contributed by atoms with Crippen molar-refractivity contribution in [3.8, 4) is 12.3 Å². The van der Waals surface area contributed by atoms with Crippen LogP contribution in [-0.2, 0) is 10.8 Å². The molecule has 2 unspecified atom stereocenters. The van der Waals surface area contributed by atoms with Gasteiger partial charge in [-0.2, -0.15) is 0 Å². The largest absolute Gasteiger partial charge is 0.304 e. The lowest BCUT2D eigenvalue weighted by atomic mass is 10.2. The molecular weight excluding hydrogens is 170 g/mol. The number of rotatable bonds is 6. The van der Waals surface area contributed by atoms with Gasteiger partial charge in [0.2, 0.25) is 0 Å². The highest BCUT2D eigenvalue weighted by atomic mass is 32.2. The predicted octanol–water partition coefficient (Wildman–Crippen LogP) is 0.756. The van der Waals surface area contributed by atoms with E-state index >= 15 is 0 Å². The SMILES string of the molecule is C#CC(CC)NCCCS(C)=O. The second-order valence-electron chi connectivity index (χ2n) is 2.71. The van der Waals surface area contributed by atoms with Crippen molar-refractivity contribution in [2.45, 2.75) is 25.8 Å². The van der Waals surface area contributed by atoms with Gasteiger partial charge in [-0.15, -0.1) is 6.42 Å². The first-order valence-corrected chi connectivity index (χ1v) is 5.93. The molecule has 2 atom stereocenters. The van der Waals surface area contributed by atoms with Gasteiger partial charge in [0.25, 0.3) is 0 Å². The van der Waals surface area contributed by atoms with Crippen LogP contribution >= 0.6 is 0 Å². The van der Waals surface area contributed by atoms with E-state index in [-0.39, 0.29) is 6.04 Å². The maximum atomic E-state index is 10.7. The molecule has 0 heterocycles. The minimum atomic E-state index is -0.676. The van der Waals surface area contributed by atoms with Crippen LogP contribution in [0.3, 0.4) is 0 Å². The van der Waals surface area contributed by atoms with Crippen LogP contribution in [0, 0.1) is 12.3 Å². The summed E-state index contributed by atoms with van der Waals surface area (Å²) in [6.07, 6.45) is 8.86. The summed E-state index contributed by atoms with van der Waals surface area (Å²) in [4.78, 5) is 0. The Bertz CT molecular complexity index is 174. The number of hydrogen-bond acceptors (Lipinski definition) is 2. The fourth-order valence-electron chi connectivity index (χ4n) is 0.873. The van der Waals surface area contributed by atoms with Crippen molar-refractivity contribution in [2.24, 2.45) is 0 Å². The summed E-state index contributed by atoms with van der Waals surface area (Å²) >= 11 is 0. The van der Waals surface area contributed by atoms with Gasteiger partial charge in [0, 0.05) is 22.8 Å². The second kappa shape index (κ2) is 7.33. The predicted molar refractivity (Wildman–Crippen MR) is 54.5 cm³/mol. The summed E-state index contributed by atoms with van der Waals surface area (Å²) in [5.74, 6) is 3.41. The van der Waals surface area contributed by atoms with Crippen LogP contribution in [0.1, 0.15) is 19.8 Å². The summed E-state index contributed by atoms with van der Waals surface area (Å²) in [7, 11) is -0.676. The van der Waals surface area contributed by atoms with Crippen LogP contribution in [0.5, 0.6) is 0 Å². The van der Waals surface area contributed by atoms with Gasteiger partial charge in [-0.05, 0) is 19.4 Å². The third-order valence-corrected chi connectivity index (χ3v) is 2.47. The maximum Gasteiger partial charge on any atom is 0.0684 e. The summed E-state index contributed by atoms with van der Waals surface area (Å²) in [6.45, 7) is 2.91. The first kappa shape index (κ1) is 11.7. The third kappa shape index (κ3) is 6.38. The lowest BCUT2D eigenvalue weighted by molar-refractivity contribution is 0.587. The molecule has 12 heavy (non-hydrogen) atoms. The van der Waals surface area contributed by atoms with E-state index in [2.05, 4.69) is 18.2 Å². The van der Waals surface area contributed by atoms with E-state index in [4.69, 9.17) is 6.42 Å². The Hall–Kier alpha value is -0.330. The summed E-state index contributed by atoms with van der Waals surface area (Å²) in [6, 6.07) is 0.176. The van der Waals surface area contributed by atoms with Crippen LogP contribution in [0.2, 0.25) is 0 Å². The Morgan fingerprint density at radius 3 is 2.75 bits per heavy atom. The topological polar surface area (TPSA) is 29.1 Å². The van der Waals surface area contributed by atoms with Crippen molar-refractivity contribution >= 4 is 10.8 Å². The second-order valence-corrected chi connectivity index (χ2v) is 4.27. The normalized spacial score (nSPS) is 15.1. The van der Waals surface area contributed by atoms with E-state index in [1.807, 2.05) is 0 Å². The first-order valence-electron chi connectivity index (χ1n) is 4.20. The zero-order valence-corrected chi connectivity index (χ0v) is 8.62. The molecule has 2 nitrogen and oxygen atoms in total. The average molecular weight is 187 g/mol. The third-order valence-electron chi connectivity index (χ3n) is 1.61. The van der Waals surface area contributed by atoms with Crippen molar-refractivity contribution in [1.29, 1.82) is 0 Å². The Morgan fingerprint density at radius 1 is 1.67 bits per heavy atom. The van der Waals surface area contributed by atoms with Gasteiger partial charge in [-0.3, -0.25) is 4.21 Å². The lowest BCUT2D eigenvalue weighted by Crippen LogP contribution is -2.28. The van der Waals surface area contributed by atoms with Crippen molar-refractivity contribution in [1.82, 2.24) is 5.32 Å². The van der Waals surface area contributed by atoms with Crippen LogP contribution < -0.4 is 5.32 Å². The fourth-order valence-corrected chi connectivity index (χ4v) is 1.42. The van der Waals surface area contributed by atoms with E-state index in [1.54, 1.807) is 6.26 Å². The Kier molecular flexibility index (Phi) is 7.12. The van der Waals surface area contributed by atoms with Gasteiger partial charge in [-0.1, -0.05) is 12.8 Å². The van der Waals surface area contributed by atoms with Crippen molar-refractivity contribution in [2.75, 3.05) is 18.6 Å². The summed E-state index contributed by atoms with van der Waals surface area (Å²) in [5, 5.41) is 3.20. The van der Waals surface area contributed by atoms with E-state index in [0.717, 1.165) is 25.1 Å². The van der Waals surface area contributed by atoms with Crippen LogP contribution in [-0.4, -0.2) is 28.8 Å². The molecular formula is C9H17NOS. The molecule has 0 fully saturated rings. The van der Waals surface area contributed by atoms with Gasteiger partial charge in [0.15, 0.2) is 0 Å². The zero-order chi connectivity index (χ0) is 9.40. The monoisotopic (exact) mass is 187 g/mol. The smallest absolute Gasteiger partial charge is 0.0684 e. The molecule has 0 saturated carbocycles. The highest BCUT2D eigenvalue weighted by Gasteiger charge is 1.99. The molecule has 0 aliphatic heterocycles. The maximum absolute atomic E-state index is 10.7.